The van der Waals surface area contributed by atoms with Crippen LogP contribution in [0, 0.1) is 10.1 Å². The molecule has 172 valence electrons. The summed E-state index contributed by atoms with van der Waals surface area (Å²) in [5, 5.41) is 10.9. The maximum atomic E-state index is 13.0. The summed E-state index contributed by atoms with van der Waals surface area (Å²) in [5.41, 5.74) is 1.78. The first-order valence-corrected chi connectivity index (χ1v) is 12.4. The van der Waals surface area contributed by atoms with Gasteiger partial charge in [0.05, 0.1) is 21.9 Å². The monoisotopic (exact) mass is 602 g/mol. The molecule has 0 unspecified atom stereocenters. The second-order valence-corrected chi connectivity index (χ2v) is 9.98. The highest BCUT2D eigenvalue weighted by Gasteiger charge is 2.35. The van der Waals surface area contributed by atoms with Crippen LogP contribution in [-0.2, 0) is 17.9 Å². The maximum Gasteiger partial charge on any atom is 0.293 e. The molecular formula is C24H16Br2N2O5S. The number of ether oxygens (including phenoxy) is 1. The van der Waals surface area contributed by atoms with Crippen molar-refractivity contribution in [2.45, 2.75) is 13.2 Å². The molecule has 0 spiro atoms. The van der Waals surface area contributed by atoms with Crippen LogP contribution in [-0.4, -0.2) is 21.0 Å². The first-order chi connectivity index (χ1) is 16.3. The number of nitrogens with zero attached hydrogens (tertiary/aromatic N) is 2. The minimum absolute atomic E-state index is 0.0247. The Hall–Kier alpha value is -2.95. The van der Waals surface area contributed by atoms with E-state index in [1.165, 1.54) is 11.0 Å². The number of rotatable bonds is 7. The minimum Gasteiger partial charge on any atom is -0.488 e. The number of para-hydroxylation sites is 1. The van der Waals surface area contributed by atoms with Crippen LogP contribution < -0.4 is 4.74 Å². The van der Waals surface area contributed by atoms with Gasteiger partial charge in [-0.15, -0.1) is 0 Å². The van der Waals surface area contributed by atoms with Crippen LogP contribution in [0.3, 0.4) is 0 Å². The van der Waals surface area contributed by atoms with Gasteiger partial charge in [-0.2, -0.15) is 0 Å². The van der Waals surface area contributed by atoms with E-state index < -0.39 is 10.8 Å². The molecule has 3 aromatic carbocycles. The number of amides is 2. The van der Waals surface area contributed by atoms with Gasteiger partial charge in [0.15, 0.2) is 0 Å². The van der Waals surface area contributed by atoms with Gasteiger partial charge >= 0.3 is 0 Å². The average molecular weight is 604 g/mol. The van der Waals surface area contributed by atoms with E-state index in [4.69, 9.17) is 4.74 Å². The van der Waals surface area contributed by atoms with Gasteiger partial charge in [0.1, 0.15) is 12.4 Å². The Morgan fingerprint density at radius 1 is 1.00 bits per heavy atom. The molecule has 1 heterocycles. The highest BCUT2D eigenvalue weighted by molar-refractivity contribution is 9.10. The number of hydrogen-bond donors (Lipinski definition) is 0. The van der Waals surface area contributed by atoms with Crippen molar-refractivity contribution in [2.75, 3.05) is 0 Å². The molecule has 0 radical (unpaired) electrons. The first kappa shape index (κ1) is 24.2. The fraction of sp³-hybridized carbons (Fsp3) is 0.0833. The standard InChI is InChI=1S/C24H16Br2N2O5S/c25-18-9-10-21(33-14-16-6-2-4-8-20(16)28(31)32)17(11-18)12-22-23(29)27(24(30)34-22)13-15-5-1-3-7-19(15)26/h1-12H,13-14H2/b22-12-. The molecule has 2 amide bonds. The molecule has 0 N–H and O–H groups in total. The summed E-state index contributed by atoms with van der Waals surface area (Å²) in [6, 6.07) is 19.0. The number of benzene rings is 3. The molecule has 1 aliphatic rings. The Balaban J connectivity index is 1.58. The summed E-state index contributed by atoms with van der Waals surface area (Å²) >= 11 is 7.72. The molecule has 4 rings (SSSR count). The van der Waals surface area contributed by atoms with Crippen molar-refractivity contribution in [1.82, 2.24) is 4.90 Å². The smallest absolute Gasteiger partial charge is 0.293 e. The van der Waals surface area contributed by atoms with Crippen molar-refractivity contribution in [3.8, 4) is 5.75 Å². The van der Waals surface area contributed by atoms with Crippen molar-refractivity contribution < 1.29 is 19.2 Å². The Morgan fingerprint density at radius 3 is 2.44 bits per heavy atom. The van der Waals surface area contributed by atoms with E-state index in [0.717, 1.165) is 26.3 Å². The van der Waals surface area contributed by atoms with E-state index in [2.05, 4.69) is 31.9 Å². The number of hydrogen-bond acceptors (Lipinski definition) is 6. The van der Waals surface area contributed by atoms with Crippen molar-refractivity contribution in [3.05, 3.63) is 107 Å². The van der Waals surface area contributed by atoms with Crippen molar-refractivity contribution in [1.29, 1.82) is 0 Å². The van der Waals surface area contributed by atoms with E-state index in [0.29, 0.717) is 16.9 Å². The van der Waals surface area contributed by atoms with Crippen molar-refractivity contribution in [2.24, 2.45) is 0 Å². The van der Waals surface area contributed by atoms with E-state index in [1.54, 1.807) is 42.5 Å². The lowest BCUT2D eigenvalue weighted by atomic mass is 10.1. The number of thioether (sulfide) groups is 1. The van der Waals surface area contributed by atoms with Gasteiger partial charge in [0.2, 0.25) is 0 Å². The highest BCUT2D eigenvalue weighted by atomic mass is 79.9. The zero-order valence-corrected chi connectivity index (χ0v) is 21.4. The minimum atomic E-state index is -0.456. The first-order valence-electron chi connectivity index (χ1n) is 9.97. The molecule has 1 fully saturated rings. The number of halogens is 2. The molecule has 0 atom stereocenters. The van der Waals surface area contributed by atoms with Gasteiger partial charge < -0.3 is 4.74 Å². The number of carbonyl (C=O) groups is 2. The quantitative estimate of drug-likeness (QED) is 0.165. The zero-order valence-electron chi connectivity index (χ0n) is 17.4. The SMILES string of the molecule is O=C1S/C(=C\c2cc(Br)ccc2OCc2ccccc2[N+](=O)[O-])C(=O)N1Cc1ccccc1Br. The maximum absolute atomic E-state index is 13.0. The Kier molecular flexibility index (Phi) is 7.50. The normalized spacial score (nSPS) is 14.6. The fourth-order valence-electron chi connectivity index (χ4n) is 3.30. The van der Waals surface area contributed by atoms with Crippen LogP contribution >= 0.6 is 43.6 Å². The number of imide groups is 1. The van der Waals surface area contributed by atoms with Crippen LogP contribution in [0.5, 0.6) is 5.75 Å². The Bertz CT molecular complexity index is 1330. The summed E-state index contributed by atoms with van der Waals surface area (Å²) in [4.78, 5) is 37.9. The van der Waals surface area contributed by atoms with Gasteiger partial charge in [0.25, 0.3) is 16.8 Å². The topological polar surface area (TPSA) is 89.7 Å². The van der Waals surface area contributed by atoms with Gasteiger partial charge in [-0.1, -0.05) is 62.2 Å². The number of nitro groups is 1. The van der Waals surface area contributed by atoms with E-state index >= 15 is 0 Å². The largest absolute Gasteiger partial charge is 0.488 e. The lowest BCUT2D eigenvalue weighted by molar-refractivity contribution is -0.385. The molecule has 0 aromatic heterocycles. The second-order valence-electron chi connectivity index (χ2n) is 7.22. The van der Waals surface area contributed by atoms with Crippen LogP contribution in [0.4, 0.5) is 10.5 Å². The lowest BCUT2D eigenvalue weighted by Crippen LogP contribution is -2.27. The molecule has 3 aromatic rings. The zero-order chi connectivity index (χ0) is 24.2. The summed E-state index contributed by atoms with van der Waals surface area (Å²) in [5.74, 6) is 0.0364. The molecule has 1 aliphatic heterocycles. The van der Waals surface area contributed by atoms with Crippen molar-refractivity contribution >= 4 is 66.5 Å². The molecule has 7 nitrogen and oxygen atoms in total. The van der Waals surface area contributed by atoms with Crippen LogP contribution in [0.2, 0.25) is 0 Å². The average Bonchev–Trinajstić information content (AvgIpc) is 3.07. The summed E-state index contributed by atoms with van der Waals surface area (Å²) in [7, 11) is 0. The third-order valence-electron chi connectivity index (χ3n) is 4.99. The number of nitro benzene ring substituents is 1. The van der Waals surface area contributed by atoms with Crippen LogP contribution in [0.15, 0.2) is 80.6 Å². The van der Waals surface area contributed by atoms with Crippen LogP contribution in [0.25, 0.3) is 6.08 Å². The van der Waals surface area contributed by atoms with Gasteiger partial charge in [-0.25, -0.2) is 0 Å². The predicted octanol–water partition coefficient (Wildman–Crippen LogP) is 6.94. The van der Waals surface area contributed by atoms with Gasteiger partial charge in [0, 0.05) is 20.6 Å². The molecule has 0 saturated carbocycles. The van der Waals surface area contributed by atoms with Gasteiger partial charge in [-0.3, -0.25) is 24.6 Å². The Labute approximate surface area is 216 Å². The van der Waals surface area contributed by atoms with Crippen molar-refractivity contribution in [3.63, 3.8) is 0 Å². The molecule has 34 heavy (non-hydrogen) atoms. The second kappa shape index (κ2) is 10.5. The molecule has 10 heteroatoms. The third kappa shape index (κ3) is 5.40. The fourth-order valence-corrected chi connectivity index (χ4v) is 4.92. The molecule has 0 bridgehead atoms. The summed E-state index contributed by atoms with van der Waals surface area (Å²) in [6.07, 6.45) is 1.60. The highest BCUT2D eigenvalue weighted by Crippen LogP contribution is 2.36. The summed E-state index contributed by atoms with van der Waals surface area (Å²) in [6.45, 7) is 0.131. The molecule has 0 aliphatic carbocycles. The van der Waals surface area contributed by atoms with E-state index in [9.17, 15) is 19.7 Å². The Morgan fingerprint density at radius 2 is 1.71 bits per heavy atom. The number of carbonyl (C=O) groups excluding carboxylic acids is 2. The molecule has 1 saturated heterocycles. The third-order valence-corrected chi connectivity index (χ3v) is 7.16. The predicted molar refractivity (Wildman–Crippen MR) is 137 cm³/mol. The van der Waals surface area contributed by atoms with E-state index in [1.807, 2.05) is 24.3 Å². The lowest BCUT2D eigenvalue weighted by Gasteiger charge is -2.13. The van der Waals surface area contributed by atoms with E-state index in [-0.39, 0.29) is 29.0 Å². The molecular weight excluding hydrogens is 588 g/mol. The van der Waals surface area contributed by atoms with Crippen LogP contribution in [0.1, 0.15) is 16.7 Å². The van der Waals surface area contributed by atoms with Gasteiger partial charge in [-0.05, 0) is 53.7 Å². The summed E-state index contributed by atoms with van der Waals surface area (Å²) < 4.78 is 7.45.